The summed E-state index contributed by atoms with van der Waals surface area (Å²) >= 11 is 3.15. The lowest BCUT2D eigenvalue weighted by molar-refractivity contribution is -0.139. The molecule has 0 saturated heterocycles. The Morgan fingerprint density at radius 1 is 1.70 bits per heavy atom. The largest absolute Gasteiger partial charge is 0.480 e. The van der Waals surface area contributed by atoms with Gasteiger partial charge in [-0.15, -0.1) is 0 Å². The van der Waals surface area contributed by atoms with Gasteiger partial charge in [0.05, 0.1) is 0 Å². The maximum atomic E-state index is 10.5. The van der Waals surface area contributed by atoms with Gasteiger partial charge in [-0.2, -0.15) is 0 Å². The molecule has 0 radical (unpaired) electrons. The van der Waals surface area contributed by atoms with Crippen LogP contribution < -0.4 is 0 Å². The summed E-state index contributed by atoms with van der Waals surface area (Å²) in [5.41, 5.74) is 0. The van der Waals surface area contributed by atoms with E-state index in [-0.39, 0.29) is 0 Å². The second-order valence-electron chi connectivity index (χ2n) is 3.10. The average Bonchev–Trinajstić information content (AvgIpc) is 1.60. The molecule has 0 aromatic rings. The van der Waals surface area contributed by atoms with E-state index in [1.807, 2.05) is 13.8 Å². The summed E-state index contributed by atoms with van der Waals surface area (Å²) in [6.07, 6.45) is 0.655. The van der Waals surface area contributed by atoms with Gasteiger partial charge >= 0.3 is 5.97 Å². The third-order valence-electron chi connectivity index (χ3n) is 1.24. The van der Waals surface area contributed by atoms with Crippen molar-refractivity contribution in [3.8, 4) is 0 Å². The molecule has 1 atom stereocenters. The highest BCUT2D eigenvalue weighted by atomic mass is 79.9. The molecule has 0 aromatic carbocycles. The molecule has 0 aliphatic rings. The molecule has 0 aliphatic heterocycles. The zero-order chi connectivity index (χ0) is 8.36. The van der Waals surface area contributed by atoms with Crippen molar-refractivity contribution in [2.45, 2.75) is 31.5 Å². The van der Waals surface area contributed by atoms with E-state index in [0.29, 0.717) is 12.3 Å². The normalized spacial score (nSPS) is 16.9. The molecule has 0 fully saturated rings. The average molecular weight is 209 g/mol. The zero-order valence-electron chi connectivity index (χ0n) is 6.52. The third kappa shape index (κ3) is 3.20. The van der Waals surface area contributed by atoms with Crippen molar-refractivity contribution in [1.82, 2.24) is 0 Å². The molecule has 3 heteroatoms. The van der Waals surface area contributed by atoms with Crippen LogP contribution in [0.25, 0.3) is 0 Å². The van der Waals surface area contributed by atoms with E-state index in [1.54, 1.807) is 6.92 Å². The minimum atomic E-state index is -0.791. The van der Waals surface area contributed by atoms with Gasteiger partial charge in [-0.25, -0.2) is 0 Å². The second kappa shape index (κ2) is 3.37. The topological polar surface area (TPSA) is 37.3 Å². The Bertz CT molecular complexity index is 130. The van der Waals surface area contributed by atoms with E-state index in [1.165, 1.54) is 0 Å². The van der Waals surface area contributed by atoms with E-state index >= 15 is 0 Å². The van der Waals surface area contributed by atoms with E-state index in [4.69, 9.17) is 5.11 Å². The Morgan fingerprint density at radius 3 is 2.20 bits per heavy atom. The van der Waals surface area contributed by atoms with Crippen molar-refractivity contribution in [2.75, 3.05) is 0 Å². The first-order valence-corrected chi connectivity index (χ1v) is 4.08. The maximum Gasteiger partial charge on any atom is 0.320 e. The van der Waals surface area contributed by atoms with Gasteiger partial charge in [0.15, 0.2) is 0 Å². The van der Waals surface area contributed by atoms with Gasteiger partial charge in [0, 0.05) is 0 Å². The molecule has 0 aliphatic carbocycles. The van der Waals surface area contributed by atoms with Gasteiger partial charge in [-0.05, 0) is 19.3 Å². The first kappa shape index (κ1) is 9.95. The summed E-state index contributed by atoms with van der Waals surface area (Å²) < 4.78 is -0.749. The molecule has 0 rings (SSSR count). The summed E-state index contributed by atoms with van der Waals surface area (Å²) in [7, 11) is 0. The van der Waals surface area contributed by atoms with Gasteiger partial charge in [0.2, 0.25) is 0 Å². The molecule has 0 spiro atoms. The van der Waals surface area contributed by atoms with Crippen molar-refractivity contribution in [1.29, 1.82) is 0 Å². The Hall–Kier alpha value is -0.0500. The quantitative estimate of drug-likeness (QED) is 0.724. The molecule has 60 valence electrons. The minimum absolute atomic E-state index is 0.403. The standard InChI is InChI=1S/C7H13BrO2/c1-5(2)4-7(3,8)6(9)10/h5H,4H2,1-3H3,(H,9,10). The number of halogens is 1. The van der Waals surface area contributed by atoms with Crippen molar-refractivity contribution in [2.24, 2.45) is 5.92 Å². The molecule has 10 heavy (non-hydrogen) atoms. The Balaban J connectivity index is 4.00. The monoisotopic (exact) mass is 208 g/mol. The van der Waals surface area contributed by atoms with Crippen LogP contribution in [0.1, 0.15) is 27.2 Å². The lowest BCUT2D eigenvalue weighted by atomic mass is 9.99. The van der Waals surface area contributed by atoms with Crippen molar-refractivity contribution >= 4 is 21.9 Å². The molecule has 0 bridgehead atoms. The van der Waals surface area contributed by atoms with Crippen LogP contribution in [0.15, 0.2) is 0 Å². The van der Waals surface area contributed by atoms with Gasteiger partial charge in [0.25, 0.3) is 0 Å². The highest BCUT2D eigenvalue weighted by Gasteiger charge is 2.29. The Labute approximate surface area is 69.8 Å². The molecule has 0 amide bonds. The molecule has 0 heterocycles. The van der Waals surface area contributed by atoms with Crippen LogP contribution in [-0.4, -0.2) is 15.4 Å². The number of hydrogen-bond donors (Lipinski definition) is 1. The highest BCUT2D eigenvalue weighted by Crippen LogP contribution is 2.25. The van der Waals surface area contributed by atoms with Crippen molar-refractivity contribution in [3.05, 3.63) is 0 Å². The van der Waals surface area contributed by atoms with Gasteiger partial charge in [0.1, 0.15) is 4.32 Å². The SMILES string of the molecule is CC(C)CC(C)(Br)C(=O)O. The van der Waals surface area contributed by atoms with Gasteiger partial charge in [-0.3, -0.25) is 4.79 Å². The number of alkyl halides is 1. The van der Waals surface area contributed by atoms with Crippen LogP contribution in [0, 0.1) is 5.92 Å². The van der Waals surface area contributed by atoms with Gasteiger partial charge in [-0.1, -0.05) is 29.8 Å². The highest BCUT2D eigenvalue weighted by molar-refractivity contribution is 9.10. The van der Waals surface area contributed by atoms with Crippen LogP contribution in [0.5, 0.6) is 0 Å². The van der Waals surface area contributed by atoms with Crippen molar-refractivity contribution < 1.29 is 9.90 Å². The minimum Gasteiger partial charge on any atom is -0.480 e. The second-order valence-corrected chi connectivity index (χ2v) is 4.85. The summed E-state index contributed by atoms with van der Waals surface area (Å²) in [5.74, 6) is -0.387. The number of carboxylic acids is 1. The molecule has 2 nitrogen and oxygen atoms in total. The number of hydrogen-bond acceptors (Lipinski definition) is 1. The Kier molecular flexibility index (Phi) is 3.36. The number of rotatable bonds is 3. The van der Waals surface area contributed by atoms with Crippen LogP contribution in [0.3, 0.4) is 0 Å². The van der Waals surface area contributed by atoms with E-state index < -0.39 is 10.3 Å². The lowest BCUT2D eigenvalue weighted by Crippen LogP contribution is -2.29. The number of carbonyl (C=O) groups is 1. The first-order valence-electron chi connectivity index (χ1n) is 3.28. The fraction of sp³-hybridized carbons (Fsp3) is 0.857. The molecule has 0 saturated carbocycles. The molecule has 0 aromatic heterocycles. The lowest BCUT2D eigenvalue weighted by Gasteiger charge is -2.18. The van der Waals surface area contributed by atoms with E-state index in [0.717, 1.165) is 0 Å². The predicted octanol–water partition coefficient (Wildman–Crippen LogP) is 2.27. The third-order valence-corrected chi connectivity index (χ3v) is 1.90. The summed E-state index contributed by atoms with van der Waals surface area (Å²) in [5, 5.41) is 8.64. The molecular formula is C7H13BrO2. The smallest absolute Gasteiger partial charge is 0.320 e. The number of aliphatic carboxylic acids is 1. The van der Waals surface area contributed by atoms with Crippen molar-refractivity contribution in [3.63, 3.8) is 0 Å². The summed E-state index contributed by atoms with van der Waals surface area (Å²) in [6, 6.07) is 0. The van der Waals surface area contributed by atoms with Crippen LogP contribution in [-0.2, 0) is 4.79 Å². The summed E-state index contributed by atoms with van der Waals surface area (Å²) in [6.45, 7) is 5.68. The molecule has 1 unspecified atom stereocenters. The predicted molar refractivity (Wildman–Crippen MR) is 44.4 cm³/mol. The fourth-order valence-corrected chi connectivity index (χ4v) is 1.50. The fourth-order valence-electron chi connectivity index (χ4n) is 0.854. The summed E-state index contributed by atoms with van der Waals surface area (Å²) in [4.78, 5) is 10.5. The first-order chi connectivity index (χ1) is 4.36. The molecular weight excluding hydrogens is 196 g/mol. The van der Waals surface area contributed by atoms with Crippen LogP contribution >= 0.6 is 15.9 Å². The van der Waals surface area contributed by atoms with Gasteiger partial charge < -0.3 is 5.11 Å². The van der Waals surface area contributed by atoms with E-state index in [2.05, 4.69) is 15.9 Å². The van der Waals surface area contributed by atoms with Crippen LogP contribution in [0.4, 0.5) is 0 Å². The zero-order valence-corrected chi connectivity index (χ0v) is 8.10. The molecule has 1 N–H and O–H groups in total. The van der Waals surface area contributed by atoms with Crippen LogP contribution in [0.2, 0.25) is 0 Å². The maximum absolute atomic E-state index is 10.5. The Morgan fingerprint density at radius 2 is 2.10 bits per heavy atom. The van der Waals surface area contributed by atoms with E-state index in [9.17, 15) is 4.79 Å². The number of carboxylic acid groups (broad SMARTS) is 1.